The number of hydrogen-bond acceptors (Lipinski definition) is 3. The van der Waals surface area contributed by atoms with Crippen LogP contribution in [0.3, 0.4) is 0 Å². The van der Waals surface area contributed by atoms with Gasteiger partial charge in [-0.25, -0.2) is 0 Å². The Balaban J connectivity index is 1.60. The lowest BCUT2D eigenvalue weighted by atomic mass is 9.71. The molecular formula is C27H29N3O2. The molecule has 0 atom stereocenters. The van der Waals surface area contributed by atoms with Crippen molar-refractivity contribution < 1.29 is 9.59 Å². The third kappa shape index (κ3) is 4.28. The molecule has 2 amide bonds. The van der Waals surface area contributed by atoms with Gasteiger partial charge >= 0.3 is 0 Å². The molecule has 1 N–H and O–H groups in total. The maximum absolute atomic E-state index is 13.1. The minimum atomic E-state index is -0.539. The summed E-state index contributed by atoms with van der Waals surface area (Å²) in [6, 6.07) is 20.2. The van der Waals surface area contributed by atoms with Gasteiger partial charge in [0.15, 0.2) is 0 Å². The molecule has 1 saturated heterocycles. The van der Waals surface area contributed by atoms with Crippen molar-refractivity contribution in [1.82, 2.24) is 15.2 Å². The number of piperidine rings is 1. The molecule has 3 aromatic rings. The topological polar surface area (TPSA) is 62.3 Å². The van der Waals surface area contributed by atoms with E-state index in [0.29, 0.717) is 37.9 Å². The van der Waals surface area contributed by atoms with Gasteiger partial charge in [0.25, 0.3) is 5.91 Å². The van der Waals surface area contributed by atoms with E-state index >= 15 is 0 Å². The highest BCUT2D eigenvalue weighted by Gasteiger charge is 2.42. The van der Waals surface area contributed by atoms with E-state index in [1.54, 1.807) is 31.6 Å². The van der Waals surface area contributed by atoms with E-state index in [1.165, 1.54) is 22.3 Å². The number of aryl methyl sites for hydroxylation is 1. The molecule has 0 bridgehead atoms. The lowest BCUT2D eigenvalue weighted by Gasteiger charge is -2.41. The van der Waals surface area contributed by atoms with Crippen LogP contribution in [-0.2, 0) is 11.2 Å². The van der Waals surface area contributed by atoms with Crippen molar-refractivity contribution >= 4 is 11.8 Å². The van der Waals surface area contributed by atoms with Gasteiger partial charge in [0.2, 0.25) is 5.91 Å². The van der Waals surface area contributed by atoms with Crippen LogP contribution in [0.4, 0.5) is 0 Å². The minimum Gasteiger partial charge on any atom is -0.359 e. The molecule has 1 fully saturated rings. The van der Waals surface area contributed by atoms with Crippen LogP contribution in [0.2, 0.25) is 0 Å². The SMILES string of the molecule is CNC(=O)C1(Cc2ccccc2-c2ccccc2C)CCN(C(=O)c2ccncc2)CC1. The van der Waals surface area contributed by atoms with Crippen molar-refractivity contribution in [1.29, 1.82) is 0 Å². The summed E-state index contributed by atoms with van der Waals surface area (Å²) in [6.45, 7) is 3.23. The van der Waals surface area contributed by atoms with E-state index in [-0.39, 0.29) is 11.8 Å². The van der Waals surface area contributed by atoms with Crippen LogP contribution in [0.25, 0.3) is 11.1 Å². The Morgan fingerprint density at radius 1 is 0.938 bits per heavy atom. The molecule has 0 unspecified atom stereocenters. The van der Waals surface area contributed by atoms with Gasteiger partial charge in [0.05, 0.1) is 5.41 Å². The average Bonchev–Trinajstić information content (AvgIpc) is 2.85. The van der Waals surface area contributed by atoms with Crippen LogP contribution in [0.1, 0.15) is 34.3 Å². The lowest BCUT2D eigenvalue weighted by molar-refractivity contribution is -0.133. The van der Waals surface area contributed by atoms with Crippen molar-refractivity contribution in [3.8, 4) is 11.1 Å². The van der Waals surface area contributed by atoms with Gasteiger partial charge in [0.1, 0.15) is 0 Å². The largest absolute Gasteiger partial charge is 0.359 e. The summed E-state index contributed by atoms with van der Waals surface area (Å²) < 4.78 is 0. The Hall–Kier alpha value is -3.47. The summed E-state index contributed by atoms with van der Waals surface area (Å²) in [5.74, 6) is 0.0475. The molecule has 2 heterocycles. The number of nitrogens with zero attached hydrogens (tertiary/aromatic N) is 2. The van der Waals surface area contributed by atoms with Gasteiger partial charge in [-0.05, 0) is 60.6 Å². The monoisotopic (exact) mass is 427 g/mol. The predicted molar refractivity (Wildman–Crippen MR) is 126 cm³/mol. The van der Waals surface area contributed by atoms with Crippen LogP contribution >= 0.6 is 0 Å². The number of hydrogen-bond donors (Lipinski definition) is 1. The molecule has 0 aliphatic carbocycles. The Bertz CT molecular complexity index is 1100. The molecule has 2 aromatic carbocycles. The second-order valence-electron chi connectivity index (χ2n) is 8.54. The van der Waals surface area contributed by atoms with E-state index < -0.39 is 5.41 Å². The van der Waals surface area contributed by atoms with Crippen molar-refractivity contribution in [2.24, 2.45) is 5.41 Å². The number of pyridine rings is 1. The van der Waals surface area contributed by atoms with Crippen LogP contribution < -0.4 is 5.32 Å². The standard InChI is InChI=1S/C27H29N3O2/c1-20-7-3-5-9-23(20)24-10-6-4-8-22(24)19-27(26(32)28-2)13-17-30(18-14-27)25(31)21-11-15-29-16-12-21/h3-12,15-16H,13-14,17-19H2,1-2H3,(H,28,32). The fraction of sp³-hybridized carbons (Fsp3) is 0.296. The van der Waals surface area contributed by atoms with E-state index in [1.807, 2.05) is 23.1 Å². The van der Waals surface area contributed by atoms with Gasteiger partial charge in [-0.3, -0.25) is 14.6 Å². The van der Waals surface area contributed by atoms with E-state index in [0.717, 1.165) is 0 Å². The van der Waals surface area contributed by atoms with Crippen LogP contribution in [0.15, 0.2) is 73.1 Å². The summed E-state index contributed by atoms with van der Waals surface area (Å²) in [5.41, 5.74) is 4.84. The first kappa shape index (κ1) is 21.8. The second kappa shape index (κ2) is 9.35. The van der Waals surface area contributed by atoms with E-state index in [9.17, 15) is 9.59 Å². The van der Waals surface area contributed by atoms with Crippen molar-refractivity contribution in [2.75, 3.05) is 20.1 Å². The van der Waals surface area contributed by atoms with Gasteiger partial charge < -0.3 is 10.2 Å². The van der Waals surface area contributed by atoms with E-state index in [2.05, 4.69) is 47.6 Å². The first-order chi connectivity index (χ1) is 15.5. The van der Waals surface area contributed by atoms with Crippen LogP contribution in [0.5, 0.6) is 0 Å². The lowest BCUT2D eigenvalue weighted by Crippen LogP contribution is -2.50. The number of carbonyl (C=O) groups excluding carboxylic acids is 2. The van der Waals surface area contributed by atoms with Crippen LogP contribution in [0, 0.1) is 12.3 Å². The zero-order valence-corrected chi connectivity index (χ0v) is 18.7. The first-order valence-electron chi connectivity index (χ1n) is 11.1. The van der Waals surface area contributed by atoms with Gasteiger partial charge in [-0.15, -0.1) is 0 Å². The summed E-state index contributed by atoms with van der Waals surface area (Å²) >= 11 is 0. The molecule has 5 nitrogen and oxygen atoms in total. The number of benzene rings is 2. The summed E-state index contributed by atoms with van der Waals surface area (Å²) in [5, 5.41) is 2.89. The number of amides is 2. The highest BCUT2D eigenvalue weighted by atomic mass is 16.2. The molecule has 1 aromatic heterocycles. The number of carbonyl (C=O) groups is 2. The zero-order chi connectivity index (χ0) is 22.6. The van der Waals surface area contributed by atoms with Gasteiger partial charge in [-0.1, -0.05) is 48.5 Å². The van der Waals surface area contributed by atoms with Gasteiger partial charge in [-0.2, -0.15) is 0 Å². The average molecular weight is 428 g/mol. The normalized spacial score (nSPS) is 15.2. The summed E-state index contributed by atoms with van der Waals surface area (Å²) in [4.78, 5) is 31.9. The van der Waals surface area contributed by atoms with Crippen LogP contribution in [-0.4, -0.2) is 41.8 Å². The Kier molecular flexibility index (Phi) is 6.35. The number of aromatic nitrogens is 1. The van der Waals surface area contributed by atoms with Crippen molar-refractivity contribution in [3.63, 3.8) is 0 Å². The quantitative estimate of drug-likeness (QED) is 0.662. The molecule has 1 aliphatic rings. The highest BCUT2D eigenvalue weighted by Crippen LogP contribution is 2.39. The number of likely N-dealkylation sites (tertiary alicyclic amines) is 1. The van der Waals surface area contributed by atoms with Crippen molar-refractivity contribution in [2.45, 2.75) is 26.2 Å². The highest BCUT2D eigenvalue weighted by molar-refractivity contribution is 5.94. The molecule has 4 rings (SSSR count). The third-order valence-electron chi connectivity index (χ3n) is 6.63. The Morgan fingerprint density at radius 2 is 1.56 bits per heavy atom. The molecule has 32 heavy (non-hydrogen) atoms. The fourth-order valence-electron chi connectivity index (χ4n) is 4.74. The molecule has 0 spiro atoms. The Morgan fingerprint density at radius 3 is 2.22 bits per heavy atom. The third-order valence-corrected chi connectivity index (χ3v) is 6.63. The maximum atomic E-state index is 13.1. The first-order valence-corrected chi connectivity index (χ1v) is 11.1. The second-order valence-corrected chi connectivity index (χ2v) is 8.54. The van der Waals surface area contributed by atoms with Crippen molar-refractivity contribution in [3.05, 3.63) is 89.7 Å². The minimum absolute atomic E-state index is 0.00165. The summed E-state index contributed by atoms with van der Waals surface area (Å²) in [6.07, 6.45) is 5.18. The molecule has 1 aliphatic heterocycles. The van der Waals surface area contributed by atoms with Gasteiger partial charge in [0, 0.05) is 38.1 Å². The number of rotatable bonds is 5. The summed E-state index contributed by atoms with van der Waals surface area (Å²) in [7, 11) is 1.70. The maximum Gasteiger partial charge on any atom is 0.253 e. The molecule has 0 saturated carbocycles. The predicted octanol–water partition coefficient (Wildman–Crippen LogP) is 4.27. The molecule has 0 radical (unpaired) electrons. The molecule has 5 heteroatoms. The molecule has 164 valence electrons. The smallest absolute Gasteiger partial charge is 0.253 e. The Labute approximate surface area is 189 Å². The molecular weight excluding hydrogens is 398 g/mol. The van der Waals surface area contributed by atoms with E-state index in [4.69, 9.17) is 0 Å². The fourth-order valence-corrected chi connectivity index (χ4v) is 4.74. The zero-order valence-electron chi connectivity index (χ0n) is 18.7. The number of nitrogens with one attached hydrogen (secondary N) is 1.